The number of nitrogens with zero attached hydrogens (tertiary/aromatic N) is 2. The molecule has 4 rings (SSSR count). The number of aromatic nitrogens is 1. The molecule has 0 aliphatic heterocycles. The van der Waals surface area contributed by atoms with Gasteiger partial charge in [0.25, 0.3) is 0 Å². The first-order valence-electron chi connectivity index (χ1n) is 12.1. The second-order valence-corrected chi connectivity index (χ2v) is 10.8. The molecule has 1 atom stereocenters. The molecule has 3 aromatic carbocycles. The molecule has 1 amide bonds. The third-order valence-electron chi connectivity index (χ3n) is 6.17. The molecule has 0 spiro atoms. The van der Waals surface area contributed by atoms with Gasteiger partial charge in [-0.15, -0.1) is 11.8 Å². The Balaban J connectivity index is 1.55. The topological polar surface area (TPSA) is 70.5 Å². The van der Waals surface area contributed by atoms with Crippen molar-refractivity contribution in [2.45, 2.75) is 24.5 Å². The van der Waals surface area contributed by atoms with Crippen LogP contribution in [0.1, 0.15) is 44.4 Å². The first-order chi connectivity index (χ1) is 17.8. The lowest BCUT2D eigenvalue weighted by atomic mass is 9.98. The normalized spacial score (nSPS) is 11.9. The number of pyridine rings is 1. The van der Waals surface area contributed by atoms with E-state index in [2.05, 4.69) is 30.3 Å². The number of rotatable bonds is 10. The fourth-order valence-electron chi connectivity index (χ4n) is 4.16. The van der Waals surface area contributed by atoms with Crippen LogP contribution in [0.15, 0.2) is 78.9 Å². The molecule has 1 aromatic heterocycles. The maximum atomic E-state index is 12.1. The predicted molar refractivity (Wildman–Crippen MR) is 152 cm³/mol. The summed E-state index contributed by atoms with van der Waals surface area (Å²) in [6.07, 6.45) is 2.03. The number of hydrogen-bond acceptors (Lipinski definition) is 4. The molecule has 1 N–H and O–H groups in total. The number of carboxylic acid groups (broad SMARTS) is 1. The summed E-state index contributed by atoms with van der Waals surface area (Å²) in [4.78, 5) is 30.1. The summed E-state index contributed by atoms with van der Waals surface area (Å²) in [6, 6.07) is 25.3. The van der Waals surface area contributed by atoms with Gasteiger partial charge in [0.2, 0.25) is 5.91 Å². The van der Waals surface area contributed by atoms with Gasteiger partial charge in [-0.25, -0.2) is 4.79 Å². The Bertz CT molecular complexity index is 1420. The fraction of sp³-hybridized carbons (Fsp3) is 0.233. The summed E-state index contributed by atoms with van der Waals surface area (Å²) < 4.78 is 0. The minimum atomic E-state index is -0.952. The Labute approximate surface area is 226 Å². The molecule has 1 heterocycles. The van der Waals surface area contributed by atoms with Crippen molar-refractivity contribution < 1.29 is 14.7 Å². The van der Waals surface area contributed by atoms with Crippen LogP contribution in [0.2, 0.25) is 5.02 Å². The summed E-state index contributed by atoms with van der Waals surface area (Å²) in [5.74, 6) is -0.248. The van der Waals surface area contributed by atoms with Gasteiger partial charge in [0.1, 0.15) is 0 Å². The minimum absolute atomic E-state index is 0.0726. The van der Waals surface area contributed by atoms with Crippen molar-refractivity contribution in [3.05, 3.63) is 112 Å². The Morgan fingerprint density at radius 3 is 2.43 bits per heavy atom. The van der Waals surface area contributed by atoms with Crippen LogP contribution in [0, 0.1) is 0 Å². The van der Waals surface area contributed by atoms with E-state index in [0.717, 1.165) is 40.6 Å². The molecule has 190 valence electrons. The van der Waals surface area contributed by atoms with E-state index in [1.54, 1.807) is 49.0 Å². The highest BCUT2D eigenvalue weighted by atomic mass is 35.5. The van der Waals surface area contributed by atoms with Crippen LogP contribution in [0.5, 0.6) is 0 Å². The quantitative estimate of drug-likeness (QED) is 0.247. The maximum absolute atomic E-state index is 12.1. The third kappa shape index (κ3) is 7.12. The maximum Gasteiger partial charge on any atom is 0.335 e. The van der Waals surface area contributed by atoms with Gasteiger partial charge in [-0.05, 0) is 59.9 Å². The summed E-state index contributed by atoms with van der Waals surface area (Å²) >= 11 is 7.80. The van der Waals surface area contributed by atoms with Crippen LogP contribution < -0.4 is 0 Å². The molecule has 0 saturated heterocycles. The Kier molecular flexibility index (Phi) is 8.85. The van der Waals surface area contributed by atoms with Crippen LogP contribution in [0.3, 0.4) is 0 Å². The number of carbonyl (C=O) groups is 2. The number of aryl methyl sites for hydroxylation is 2. The number of benzene rings is 3. The van der Waals surface area contributed by atoms with Crippen molar-refractivity contribution in [3.8, 4) is 0 Å². The summed E-state index contributed by atoms with van der Waals surface area (Å²) in [6.45, 7) is 0. The molecule has 7 heteroatoms. The van der Waals surface area contributed by atoms with Gasteiger partial charge in [0, 0.05) is 42.4 Å². The number of amides is 1. The molecule has 1 unspecified atom stereocenters. The van der Waals surface area contributed by atoms with Crippen LogP contribution in [-0.2, 0) is 17.6 Å². The second kappa shape index (κ2) is 12.3. The molecule has 0 fully saturated rings. The van der Waals surface area contributed by atoms with Crippen molar-refractivity contribution in [3.63, 3.8) is 0 Å². The van der Waals surface area contributed by atoms with Gasteiger partial charge in [0.15, 0.2) is 0 Å². The number of hydrogen-bond donors (Lipinski definition) is 1. The second-order valence-electron chi connectivity index (χ2n) is 9.10. The summed E-state index contributed by atoms with van der Waals surface area (Å²) in [5, 5.41) is 11.2. The van der Waals surface area contributed by atoms with Gasteiger partial charge in [-0.3, -0.25) is 9.78 Å². The van der Waals surface area contributed by atoms with E-state index in [9.17, 15) is 14.7 Å². The molecular weight excluding hydrogens is 504 g/mol. The number of halogens is 1. The van der Waals surface area contributed by atoms with E-state index in [1.807, 2.05) is 30.3 Å². The number of thioether (sulfide) groups is 1. The molecular formula is C30H29ClN2O3S. The smallest absolute Gasteiger partial charge is 0.335 e. The molecule has 4 aromatic rings. The number of carbonyl (C=O) groups excluding carboxylic acids is 1. The van der Waals surface area contributed by atoms with E-state index in [1.165, 1.54) is 5.56 Å². The van der Waals surface area contributed by atoms with Crippen LogP contribution >= 0.6 is 23.4 Å². The highest BCUT2D eigenvalue weighted by molar-refractivity contribution is 7.99. The number of fused-ring (bicyclic) bond motifs is 1. The summed E-state index contributed by atoms with van der Waals surface area (Å²) in [7, 11) is 3.51. The van der Waals surface area contributed by atoms with Crippen molar-refractivity contribution in [2.75, 3.05) is 19.8 Å². The van der Waals surface area contributed by atoms with Gasteiger partial charge >= 0.3 is 5.97 Å². The van der Waals surface area contributed by atoms with Crippen LogP contribution in [0.4, 0.5) is 0 Å². The molecule has 0 saturated carbocycles. The molecule has 0 radical (unpaired) electrons. The Morgan fingerprint density at radius 2 is 1.68 bits per heavy atom. The monoisotopic (exact) mass is 532 g/mol. The minimum Gasteiger partial charge on any atom is -0.478 e. The van der Waals surface area contributed by atoms with E-state index in [0.29, 0.717) is 17.2 Å². The lowest BCUT2D eigenvalue weighted by molar-refractivity contribution is -0.128. The molecule has 0 aliphatic carbocycles. The van der Waals surface area contributed by atoms with Gasteiger partial charge in [0.05, 0.1) is 16.3 Å². The van der Waals surface area contributed by atoms with Gasteiger partial charge in [-0.1, -0.05) is 60.1 Å². The van der Waals surface area contributed by atoms with Crippen molar-refractivity contribution in [1.29, 1.82) is 0 Å². The standard InChI is InChI=1S/C30H29ClN2O3S/c1-33(2)28(34)15-16-37-29(23-7-4-8-24(18-23)30(35)36)22-6-3-5-20(17-22)9-13-26-14-11-21-10-12-25(31)19-27(21)32-26/h3-8,10-12,14,17-19,29H,9,13,15-16H2,1-2H3,(H,35,36). The van der Waals surface area contributed by atoms with Crippen LogP contribution in [0.25, 0.3) is 10.9 Å². The zero-order valence-corrected chi connectivity index (χ0v) is 22.4. The van der Waals surface area contributed by atoms with Gasteiger partial charge < -0.3 is 10.0 Å². The van der Waals surface area contributed by atoms with E-state index in [4.69, 9.17) is 16.6 Å². The highest BCUT2D eigenvalue weighted by Gasteiger charge is 2.18. The summed E-state index contributed by atoms with van der Waals surface area (Å²) in [5.41, 5.74) is 5.32. The van der Waals surface area contributed by atoms with Gasteiger partial charge in [-0.2, -0.15) is 0 Å². The van der Waals surface area contributed by atoms with E-state index >= 15 is 0 Å². The molecule has 37 heavy (non-hydrogen) atoms. The van der Waals surface area contributed by atoms with Crippen molar-refractivity contribution in [1.82, 2.24) is 9.88 Å². The van der Waals surface area contributed by atoms with E-state index < -0.39 is 5.97 Å². The molecule has 0 aliphatic rings. The number of aromatic carboxylic acids is 1. The first-order valence-corrected chi connectivity index (χ1v) is 13.5. The number of carboxylic acids is 1. The average molecular weight is 533 g/mol. The van der Waals surface area contributed by atoms with Crippen LogP contribution in [-0.4, -0.2) is 46.7 Å². The Hall–Kier alpha value is -3.35. The highest BCUT2D eigenvalue weighted by Crippen LogP contribution is 2.37. The third-order valence-corrected chi connectivity index (χ3v) is 7.72. The predicted octanol–water partition coefficient (Wildman–Crippen LogP) is 6.67. The lowest BCUT2D eigenvalue weighted by Crippen LogP contribution is -2.22. The fourth-order valence-corrected chi connectivity index (χ4v) is 5.54. The largest absolute Gasteiger partial charge is 0.478 e. The average Bonchev–Trinajstić information content (AvgIpc) is 2.89. The Morgan fingerprint density at radius 1 is 0.946 bits per heavy atom. The van der Waals surface area contributed by atoms with Crippen molar-refractivity contribution in [2.24, 2.45) is 0 Å². The SMILES string of the molecule is CN(C)C(=O)CCSC(c1cccc(CCc2ccc3ccc(Cl)cc3n2)c1)c1cccc(C(=O)O)c1. The van der Waals surface area contributed by atoms with E-state index in [-0.39, 0.29) is 16.7 Å². The van der Waals surface area contributed by atoms with Crippen molar-refractivity contribution >= 4 is 46.1 Å². The first kappa shape index (κ1) is 26.7. The zero-order chi connectivity index (χ0) is 26.4. The molecule has 5 nitrogen and oxygen atoms in total. The molecule has 0 bridgehead atoms. The lowest BCUT2D eigenvalue weighted by Gasteiger charge is -2.20. The zero-order valence-electron chi connectivity index (χ0n) is 20.9.